The molecule has 0 spiro atoms. The first-order chi connectivity index (χ1) is 13.7. The van der Waals surface area contributed by atoms with E-state index in [-0.39, 0.29) is 12.5 Å². The Kier molecular flexibility index (Phi) is 5.34. The maximum atomic E-state index is 12.3. The van der Waals surface area contributed by atoms with E-state index >= 15 is 0 Å². The molecule has 7 nitrogen and oxygen atoms in total. The highest BCUT2D eigenvalue weighted by atomic mass is 16.5. The third kappa shape index (κ3) is 4.37. The molecular formula is C21H23N5O2. The van der Waals surface area contributed by atoms with Crippen LogP contribution in [0, 0.1) is 0 Å². The number of ether oxygens (including phenoxy) is 1. The van der Waals surface area contributed by atoms with Crippen LogP contribution in [0.25, 0.3) is 10.8 Å². The number of amides is 1. The van der Waals surface area contributed by atoms with Crippen LogP contribution in [-0.4, -0.2) is 60.6 Å². The Hall–Kier alpha value is -3.19. The number of likely N-dealkylation sites (N-methyl/N-ethyl adjacent to an activating group) is 1. The second kappa shape index (κ2) is 8.22. The molecule has 1 saturated heterocycles. The lowest BCUT2D eigenvalue weighted by Crippen LogP contribution is -2.44. The number of carbonyl (C=O) groups is 1. The number of carbonyl (C=O) groups excluding carboxylic acids is 1. The molecule has 3 aromatic rings. The molecule has 7 heteroatoms. The molecule has 1 aromatic heterocycles. The predicted molar refractivity (Wildman–Crippen MR) is 110 cm³/mol. The monoisotopic (exact) mass is 377 g/mol. The summed E-state index contributed by atoms with van der Waals surface area (Å²) in [7, 11) is 2.11. The Balaban J connectivity index is 1.35. The number of nitrogens with one attached hydrogen (secondary N) is 1. The largest absolute Gasteiger partial charge is 0.484 e. The van der Waals surface area contributed by atoms with Gasteiger partial charge in [-0.3, -0.25) is 4.79 Å². The van der Waals surface area contributed by atoms with Crippen molar-refractivity contribution in [2.75, 3.05) is 50.1 Å². The number of anilines is 2. The summed E-state index contributed by atoms with van der Waals surface area (Å²) in [5.74, 6) is 1.72. The molecule has 1 aliphatic rings. The van der Waals surface area contributed by atoms with Gasteiger partial charge in [-0.25, -0.2) is 9.97 Å². The molecule has 0 unspecified atom stereocenters. The first kappa shape index (κ1) is 18.2. The maximum Gasteiger partial charge on any atom is 0.263 e. The van der Waals surface area contributed by atoms with Crippen LogP contribution in [0.15, 0.2) is 54.9 Å². The Labute approximate surface area is 164 Å². The number of rotatable bonds is 5. The van der Waals surface area contributed by atoms with E-state index in [0.29, 0.717) is 11.6 Å². The summed E-state index contributed by atoms with van der Waals surface area (Å²) in [4.78, 5) is 25.2. The summed E-state index contributed by atoms with van der Waals surface area (Å²) in [5, 5.41) is 5.00. The summed E-state index contributed by atoms with van der Waals surface area (Å²) in [6, 6.07) is 15.6. The predicted octanol–water partition coefficient (Wildman–Crippen LogP) is 2.40. The zero-order valence-electron chi connectivity index (χ0n) is 15.8. The lowest BCUT2D eigenvalue weighted by Gasteiger charge is -2.33. The van der Waals surface area contributed by atoms with Crippen LogP contribution in [0.4, 0.5) is 11.6 Å². The highest BCUT2D eigenvalue weighted by molar-refractivity contribution is 5.91. The van der Waals surface area contributed by atoms with Gasteiger partial charge >= 0.3 is 0 Å². The Morgan fingerprint density at radius 2 is 1.82 bits per heavy atom. The van der Waals surface area contributed by atoms with Gasteiger partial charge in [-0.1, -0.05) is 30.3 Å². The number of aromatic nitrogens is 2. The van der Waals surface area contributed by atoms with Gasteiger partial charge in [0.25, 0.3) is 5.91 Å². The van der Waals surface area contributed by atoms with Crippen molar-refractivity contribution in [2.45, 2.75) is 0 Å². The molecule has 4 rings (SSSR count). The molecule has 0 saturated carbocycles. The number of piperazine rings is 1. The maximum absolute atomic E-state index is 12.3. The molecule has 0 aliphatic carbocycles. The standard InChI is InChI=1S/C21H23N5O2/c1-25-8-10-26(11-9-25)20-13-19(22-15-23-20)24-21(27)14-28-18-7-6-16-4-2-3-5-17(16)12-18/h2-7,12-13,15H,8-11,14H2,1H3,(H,22,23,24,27). The minimum Gasteiger partial charge on any atom is -0.484 e. The molecule has 1 amide bonds. The zero-order chi connectivity index (χ0) is 19.3. The SMILES string of the molecule is CN1CCN(c2cc(NC(=O)COc3ccc4ccccc4c3)ncn2)CC1. The van der Waals surface area contributed by atoms with Crippen LogP contribution in [0.3, 0.4) is 0 Å². The third-order valence-electron chi connectivity index (χ3n) is 4.84. The van der Waals surface area contributed by atoms with Crippen molar-refractivity contribution in [1.29, 1.82) is 0 Å². The van der Waals surface area contributed by atoms with E-state index in [1.165, 1.54) is 6.33 Å². The Morgan fingerprint density at radius 1 is 1.04 bits per heavy atom. The van der Waals surface area contributed by atoms with Crippen molar-refractivity contribution in [1.82, 2.24) is 14.9 Å². The van der Waals surface area contributed by atoms with Crippen molar-refractivity contribution in [3.05, 3.63) is 54.9 Å². The van der Waals surface area contributed by atoms with E-state index in [2.05, 4.69) is 32.1 Å². The first-order valence-electron chi connectivity index (χ1n) is 9.34. The minimum absolute atomic E-state index is 0.0772. The fourth-order valence-corrected chi connectivity index (χ4v) is 3.21. The summed E-state index contributed by atoms with van der Waals surface area (Å²) < 4.78 is 5.64. The fourth-order valence-electron chi connectivity index (χ4n) is 3.21. The van der Waals surface area contributed by atoms with Crippen LogP contribution in [0.2, 0.25) is 0 Å². The highest BCUT2D eigenvalue weighted by Crippen LogP contribution is 2.20. The molecule has 28 heavy (non-hydrogen) atoms. The highest BCUT2D eigenvalue weighted by Gasteiger charge is 2.16. The van der Waals surface area contributed by atoms with Gasteiger partial charge in [-0.15, -0.1) is 0 Å². The van der Waals surface area contributed by atoms with Crippen molar-refractivity contribution in [3.8, 4) is 5.75 Å². The number of nitrogens with zero attached hydrogens (tertiary/aromatic N) is 4. The zero-order valence-corrected chi connectivity index (χ0v) is 15.8. The van der Waals surface area contributed by atoms with E-state index in [1.807, 2.05) is 42.5 Å². The Bertz CT molecular complexity index is 970. The number of hydrogen-bond donors (Lipinski definition) is 1. The third-order valence-corrected chi connectivity index (χ3v) is 4.84. The van der Waals surface area contributed by atoms with Crippen molar-refractivity contribution in [2.24, 2.45) is 0 Å². The molecule has 1 fully saturated rings. The van der Waals surface area contributed by atoms with E-state index < -0.39 is 0 Å². The molecule has 1 aliphatic heterocycles. The molecule has 144 valence electrons. The van der Waals surface area contributed by atoms with Crippen molar-refractivity contribution < 1.29 is 9.53 Å². The lowest BCUT2D eigenvalue weighted by molar-refractivity contribution is -0.118. The van der Waals surface area contributed by atoms with Crippen LogP contribution in [0.5, 0.6) is 5.75 Å². The van der Waals surface area contributed by atoms with Crippen molar-refractivity contribution >= 4 is 28.3 Å². The normalized spacial score (nSPS) is 14.8. The summed E-state index contributed by atoms with van der Waals surface area (Å²) in [6.07, 6.45) is 1.48. The van der Waals surface area contributed by atoms with Crippen molar-refractivity contribution in [3.63, 3.8) is 0 Å². The summed E-state index contributed by atoms with van der Waals surface area (Å²) >= 11 is 0. The lowest BCUT2D eigenvalue weighted by atomic mass is 10.1. The molecular weight excluding hydrogens is 354 g/mol. The molecule has 2 heterocycles. The number of hydrogen-bond acceptors (Lipinski definition) is 6. The topological polar surface area (TPSA) is 70.6 Å². The summed E-state index contributed by atoms with van der Waals surface area (Å²) in [6.45, 7) is 3.72. The molecule has 2 aromatic carbocycles. The van der Waals surface area contributed by atoms with Gasteiger partial charge in [0.2, 0.25) is 0 Å². The average molecular weight is 377 g/mol. The van der Waals surface area contributed by atoms with E-state index in [9.17, 15) is 4.79 Å². The second-order valence-corrected chi connectivity index (χ2v) is 6.90. The van der Waals surface area contributed by atoms with Gasteiger partial charge in [0.1, 0.15) is 23.7 Å². The van der Waals surface area contributed by atoms with Gasteiger partial charge in [0, 0.05) is 32.2 Å². The van der Waals surface area contributed by atoms with E-state index in [4.69, 9.17) is 4.74 Å². The fraction of sp³-hybridized carbons (Fsp3) is 0.286. The van der Waals surface area contributed by atoms with Crippen LogP contribution in [0.1, 0.15) is 0 Å². The van der Waals surface area contributed by atoms with Gasteiger partial charge in [0.15, 0.2) is 6.61 Å². The van der Waals surface area contributed by atoms with Gasteiger partial charge in [-0.05, 0) is 30.0 Å². The quantitative estimate of drug-likeness (QED) is 0.736. The molecule has 0 atom stereocenters. The van der Waals surface area contributed by atoms with Crippen LogP contribution in [-0.2, 0) is 4.79 Å². The number of benzene rings is 2. The summed E-state index contributed by atoms with van der Waals surface area (Å²) in [5.41, 5.74) is 0. The van der Waals surface area contributed by atoms with E-state index in [0.717, 1.165) is 42.8 Å². The average Bonchev–Trinajstić information content (AvgIpc) is 2.73. The van der Waals surface area contributed by atoms with Gasteiger partial charge < -0.3 is 19.9 Å². The smallest absolute Gasteiger partial charge is 0.263 e. The van der Waals surface area contributed by atoms with Gasteiger partial charge in [0.05, 0.1) is 0 Å². The second-order valence-electron chi connectivity index (χ2n) is 6.90. The molecule has 1 N–H and O–H groups in total. The van der Waals surface area contributed by atoms with Gasteiger partial charge in [-0.2, -0.15) is 0 Å². The van der Waals surface area contributed by atoms with E-state index in [1.54, 1.807) is 6.07 Å². The Morgan fingerprint density at radius 3 is 2.64 bits per heavy atom. The van der Waals surface area contributed by atoms with Crippen LogP contribution < -0.4 is 15.0 Å². The molecule has 0 radical (unpaired) electrons. The number of fused-ring (bicyclic) bond motifs is 1. The van der Waals surface area contributed by atoms with Crippen LogP contribution >= 0.6 is 0 Å². The first-order valence-corrected chi connectivity index (χ1v) is 9.34. The molecule has 0 bridgehead atoms. The minimum atomic E-state index is -0.254.